The van der Waals surface area contributed by atoms with Gasteiger partial charge in [-0.15, -0.1) is 16.8 Å². The molecule has 1 aromatic carbocycles. The Morgan fingerprint density at radius 3 is 2.92 bits per heavy atom. The van der Waals surface area contributed by atoms with Gasteiger partial charge in [-0.05, 0) is 37.3 Å². The van der Waals surface area contributed by atoms with Crippen molar-refractivity contribution >= 4 is 23.4 Å². The zero-order valence-electron chi connectivity index (χ0n) is 14.8. The molecule has 6 heteroatoms. The number of nitrogens with one attached hydrogen (secondary N) is 1. The smallest absolute Gasteiger partial charge is 0.234 e. The molecule has 132 valence electrons. The predicted octanol–water partition coefficient (Wildman–Crippen LogP) is 3.94. The molecule has 1 heterocycles. The second-order valence-corrected chi connectivity index (χ2v) is 7.26. The number of carbonyl (C=O) groups is 1. The first-order valence-electron chi connectivity index (χ1n) is 8.69. The van der Waals surface area contributed by atoms with Crippen LogP contribution in [0.25, 0.3) is 0 Å². The summed E-state index contributed by atoms with van der Waals surface area (Å²) in [5.41, 5.74) is 3.18. The maximum absolute atomic E-state index is 12.4. The van der Waals surface area contributed by atoms with Crippen LogP contribution in [0.15, 0.2) is 36.0 Å². The molecule has 1 N–H and O–H groups in total. The molecule has 5 nitrogen and oxygen atoms in total. The van der Waals surface area contributed by atoms with Crippen LogP contribution in [0.3, 0.4) is 0 Å². The molecule has 25 heavy (non-hydrogen) atoms. The van der Waals surface area contributed by atoms with Crippen LogP contribution in [0.1, 0.15) is 42.6 Å². The van der Waals surface area contributed by atoms with Gasteiger partial charge in [0, 0.05) is 18.2 Å². The Morgan fingerprint density at radius 1 is 1.44 bits per heavy atom. The number of benzene rings is 1. The number of aryl methyl sites for hydroxylation is 2. The topological polar surface area (TPSA) is 59.8 Å². The molecular weight excluding hydrogens is 332 g/mol. The summed E-state index contributed by atoms with van der Waals surface area (Å²) in [6.45, 7) is 8.61. The quantitative estimate of drug-likeness (QED) is 0.575. The number of carbonyl (C=O) groups excluding carboxylic acids is 1. The first-order chi connectivity index (χ1) is 12.1. The number of nitrogens with zero attached hydrogens (tertiary/aromatic N) is 3. The van der Waals surface area contributed by atoms with Crippen LogP contribution in [0.2, 0.25) is 0 Å². The lowest BCUT2D eigenvalue weighted by Gasteiger charge is -2.13. The van der Waals surface area contributed by atoms with Gasteiger partial charge in [0.15, 0.2) is 5.16 Å². The minimum Gasteiger partial charge on any atom is -0.325 e. The van der Waals surface area contributed by atoms with Crippen LogP contribution in [0.4, 0.5) is 5.69 Å². The Hall–Kier alpha value is -2.08. The SMILES string of the molecule is C=CCn1c(SCC(=O)Nc2c(C)cccc2CC)nnc1C1CC1. The zero-order chi connectivity index (χ0) is 17.8. The van der Waals surface area contributed by atoms with E-state index >= 15 is 0 Å². The van der Waals surface area contributed by atoms with Crippen LogP contribution < -0.4 is 5.32 Å². The molecule has 0 bridgehead atoms. The lowest BCUT2D eigenvalue weighted by Crippen LogP contribution is -2.16. The summed E-state index contributed by atoms with van der Waals surface area (Å²) in [7, 11) is 0. The summed E-state index contributed by atoms with van der Waals surface area (Å²) in [6, 6.07) is 6.10. The van der Waals surface area contributed by atoms with E-state index < -0.39 is 0 Å². The molecule has 0 atom stereocenters. The van der Waals surface area contributed by atoms with Crippen LogP contribution in [-0.2, 0) is 17.8 Å². The van der Waals surface area contributed by atoms with Gasteiger partial charge in [0.25, 0.3) is 0 Å². The first kappa shape index (κ1) is 17.7. The Balaban J connectivity index is 1.66. The molecule has 1 fully saturated rings. The molecule has 0 unspecified atom stereocenters. The van der Waals surface area contributed by atoms with Crippen molar-refractivity contribution < 1.29 is 4.79 Å². The molecule has 1 aliphatic rings. The first-order valence-corrected chi connectivity index (χ1v) is 9.67. The van der Waals surface area contributed by atoms with Crippen LogP contribution in [0.5, 0.6) is 0 Å². The van der Waals surface area contributed by atoms with E-state index in [1.807, 2.05) is 25.1 Å². The van der Waals surface area contributed by atoms with Crippen LogP contribution in [0, 0.1) is 6.92 Å². The number of hydrogen-bond donors (Lipinski definition) is 1. The van der Waals surface area contributed by atoms with Gasteiger partial charge in [-0.2, -0.15) is 0 Å². The summed E-state index contributed by atoms with van der Waals surface area (Å²) in [4.78, 5) is 12.4. The Morgan fingerprint density at radius 2 is 2.24 bits per heavy atom. The number of thioether (sulfide) groups is 1. The third-order valence-electron chi connectivity index (χ3n) is 4.34. The van der Waals surface area contributed by atoms with Gasteiger partial charge in [-0.25, -0.2) is 0 Å². The molecule has 0 aliphatic heterocycles. The monoisotopic (exact) mass is 356 g/mol. The second kappa shape index (κ2) is 7.87. The Kier molecular flexibility index (Phi) is 5.58. The highest BCUT2D eigenvalue weighted by molar-refractivity contribution is 7.99. The minimum atomic E-state index is -0.0184. The summed E-state index contributed by atoms with van der Waals surface area (Å²) >= 11 is 1.43. The highest BCUT2D eigenvalue weighted by Gasteiger charge is 2.30. The van der Waals surface area contributed by atoms with Crippen molar-refractivity contribution in [2.24, 2.45) is 0 Å². The van der Waals surface area contributed by atoms with E-state index in [1.165, 1.54) is 24.6 Å². The third kappa shape index (κ3) is 4.12. The number of anilines is 1. The van der Waals surface area contributed by atoms with E-state index in [-0.39, 0.29) is 5.91 Å². The van der Waals surface area contributed by atoms with E-state index in [9.17, 15) is 4.79 Å². The largest absolute Gasteiger partial charge is 0.325 e. The molecule has 3 rings (SSSR count). The Labute approximate surface area is 152 Å². The fraction of sp³-hybridized carbons (Fsp3) is 0.421. The maximum Gasteiger partial charge on any atom is 0.234 e. The summed E-state index contributed by atoms with van der Waals surface area (Å²) in [6.07, 6.45) is 5.09. The van der Waals surface area contributed by atoms with Gasteiger partial charge in [0.2, 0.25) is 5.91 Å². The summed E-state index contributed by atoms with van der Waals surface area (Å²) in [5, 5.41) is 12.4. The molecule has 2 aromatic rings. The van der Waals surface area contributed by atoms with Gasteiger partial charge >= 0.3 is 0 Å². The molecule has 0 saturated heterocycles. The van der Waals surface area contributed by atoms with Crippen LogP contribution >= 0.6 is 11.8 Å². The summed E-state index contributed by atoms with van der Waals surface area (Å²) < 4.78 is 2.08. The fourth-order valence-corrected chi connectivity index (χ4v) is 3.61. The molecular formula is C19H24N4OS. The molecule has 1 saturated carbocycles. The average molecular weight is 356 g/mol. The predicted molar refractivity (Wildman–Crippen MR) is 102 cm³/mol. The van der Waals surface area contributed by atoms with Crippen molar-refractivity contribution in [1.29, 1.82) is 0 Å². The lowest BCUT2D eigenvalue weighted by atomic mass is 10.1. The summed E-state index contributed by atoms with van der Waals surface area (Å²) in [5.74, 6) is 1.84. The van der Waals surface area contributed by atoms with Gasteiger partial charge in [-0.1, -0.05) is 43.0 Å². The molecule has 1 aliphatic carbocycles. The fourth-order valence-electron chi connectivity index (χ4n) is 2.86. The number of aromatic nitrogens is 3. The van der Waals surface area contributed by atoms with Gasteiger partial charge < -0.3 is 9.88 Å². The second-order valence-electron chi connectivity index (χ2n) is 6.31. The molecule has 1 amide bonds. The minimum absolute atomic E-state index is 0.0184. The number of rotatable bonds is 8. The van der Waals surface area contributed by atoms with Crippen molar-refractivity contribution in [3.63, 3.8) is 0 Å². The highest BCUT2D eigenvalue weighted by Crippen LogP contribution is 2.40. The lowest BCUT2D eigenvalue weighted by molar-refractivity contribution is -0.113. The van der Waals surface area contributed by atoms with Gasteiger partial charge in [-0.3, -0.25) is 4.79 Å². The number of amides is 1. The number of hydrogen-bond acceptors (Lipinski definition) is 4. The van der Waals surface area contributed by atoms with E-state index in [4.69, 9.17) is 0 Å². The van der Waals surface area contributed by atoms with Crippen LogP contribution in [-0.4, -0.2) is 26.4 Å². The standard InChI is InChI=1S/C19H24N4OS/c1-4-11-23-18(15-9-10-15)21-22-19(23)25-12-16(24)20-17-13(3)7-6-8-14(17)5-2/h4,6-8,15H,1,5,9-12H2,2-3H3,(H,20,24). The van der Waals surface area contributed by atoms with Crippen molar-refractivity contribution in [2.45, 2.75) is 50.7 Å². The van der Waals surface area contributed by atoms with Crippen molar-refractivity contribution in [3.05, 3.63) is 47.8 Å². The van der Waals surface area contributed by atoms with Crippen molar-refractivity contribution in [2.75, 3.05) is 11.1 Å². The van der Waals surface area contributed by atoms with E-state index in [1.54, 1.807) is 0 Å². The highest BCUT2D eigenvalue weighted by atomic mass is 32.2. The number of allylic oxidation sites excluding steroid dienone is 1. The number of para-hydroxylation sites is 1. The average Bonchev–Trinajstić information content (AvgIpc) is 3.37. The molecule has 0 radical (unpaired) electrons. The molecule has 0 spiro atoms. The van der Waals surface area contributed by atoms with E-state index in [2.05, 4.69) is 39.7 Å². The molecule has 1 aromatic heterocycles. The van der Waals surface area contributed by atoms with Gasteiger partial charge in [0.05, 0.1) is 5.75 Å². The maximum atomic E-state index is 12.4. The zero-order valence-corrected chi connectivity index (χ0v) is 15.6. The normalized spacial score (nSPS) is 13.7. The third-order valence-corrected chi connectivity index (χ3v) is 5.30. The van der Waals surface area contributed by atoms with Crippen molar-refractivity contribution in [1.82, 2.24) is 14.8 Å². The van der Waals surface area contributed by atoms with E-state index in [0.717, 1.165) is 34.2 Å². The van der Waals surface area contributed by atoms with Gasteiger partial charge in [0.1, 0.15) is 5.82 Å². The Bertz CT molecular complexity index is 780. The van der Waals surface area contributed by atoms with Crippen molar-refractivity contribution in [3.8, 4) is 0 Å². The van der Waals surface area contributed by atoms with E-state index in [0.29, 0.717) is 18.2 Å².